The smallest absolute Gasteiger partial charge is 0.262 e. The SMILES string of the molecule is O=C(N[C@@H]([NH+]1CCCCC1)C(Cl)(Cl)Cl)c1ccccc1. The van der Waals surface area contributed by atoms with E-state index < -0.39 is 9.96 Å². The highest BCUT2D eigenvalue weighted by Crippen LogP contribution is 2.28. The van der Waals surface area contributed by atoms with Crippen LogP contribution in [0.5, 0.6) is 0 Å². The van der Waals surface area contributed by atoms with E-state index in [9.17, 15) is 4.79 Å². The lowest BCUT2D eigenvalue weighted by Gasteiger charge is -2.35. The van der Waals surface area contributed by atoms with Gasteiger partial charge in [0.1, 0.15) is 0 Å². The number of halogens is 3. The molecule has 1 fully saturated rings. The van der Waals surface area contributed by atoms with Crippen LogP contribution in [0.3, 0.4) is 0 Å². The molecule has 0 aromatic heterocycles. The second-order valence-electron chi connectivity index (χ2n) is 5.03. The van der Waals surface area contributed by atoms with Gasteiger partial charge in [-0.25, -0.2) is 0 Å². The van der Waals surface area contributed by atoms with E-state index in [1.165, 1.54) is 6.42 Å². The van der Waals surface area contributed by atoms with Crippen molar-refractivity contribution in [1.29, 1.82) is 0 Å². The Labute approximate surface area is 134 Å². The van der Waals surface area contributed by atoms with E-state index in [1.54, 1.807) is 12.1 Å². The molecule has 1 aromatic carbocycles. The minimum absolute atomic E-state index is 0.208. The summed E-state index contributed by atoms with van der Waals surface area (Å²) < 4.78 is -1.52. The van der Waals surface area contributed by atoms with Crippen molar-refractivity contribution in [2.75, 3.05) is 13.1 Å². The first-order chi connectivity index (χ1) is 9.48. The van der Waals surface area contributed by atoms with E-state index in [0.717, 1.165) is 30.8 Å². The number of piperidine rings is 1. The molecule has 0 radical (unpaired) electrons. The highest BCUT2D eigenvalue weighted by atomic mass is 35.6. The summed E-state index contributed by atoms with van der Waals surface area (Å²) in [5.41, 5.74) is 0.572. The Morgan fingerprint density at radius 3 is 2.25 bits per heavy atom. The van der Waals surface area contributed by atoms with Gasteiger partial charge in [-0.2, -0.15) is 0 Å². The third kappa shape index (κ3) is 4.26. The predicted octanol–water partition coefficient (Wildman–Crippen LogP) is 2.18. The van der Waals surface area contributed by atoms with E-state index >= 15 is 0 Å². The Morgan fingerprint density at radius 2 is 1.70 bits per heavy atom. The lowest BCUT2D eigenvalue weighted by molar-refractivity contribution is -0.931. The first-order valence-corrected chi connectivity index (χ1v) is 7.89. The van der Waals surface area contributed by atoms with Crippen LogP contribution < -0.4 is 10.2 Å². The first-order valence-electron chi connectivity index (χ1n) is 6.75. The Hall–Kier alpha value is -0.480. The van der Waals surface area contributed by atoms with E-state index in [1.807, 2.05) is 18.2 Å². The molecule has 0 spiro atoms. The lowest BCUT2D eigenvalue weighted by Crippen LogP contribution is -3.20. The first kappa shape index (κ1) is 15.9. The van der Waals surface area contributed by atoms with Crippen LogP contribution >= 0.6 is 34.8 Å². The van der Waals surface area contributed by atoms with Crippen molar-refractivity contribution in [2.24, 2.45) is 0 Å². The molecule has 1 aromatic rings. The molecule has 1 aliphatic heterocycles. The Kier molecular flexibility index (Phi) is 5.56. The van der Waals surface area contributed by atoms with Crippen LogP contribution in [0, 0.1) is 0 Å². The van der Waals surface area contributed by atoms with Crippen molar-refractivity contribution >= 4 is 40.7 Å². The average Bonchev–Trinajstić information content (AvgIpc) is 2.45. The minimum Gasteiger partial charge on any atom is -0.312 e. The predicted molar refractivity (Wildman–Crippen MR) is 82.5 cm³/mol. The van der Waals surface area contributed by atoms with Gasteiger partial charge in [0.15, 0.2) is 0 Å². The fraction of sp³-hybridized carbons (Fsp3) is 0.500. The molecule has 20 heavy (non-hydrogen) atoms. The van der Waals surface area contributed by atoms with Gasteiger partial charge >= 0.3 is 0 Å². The Morgan fingerprint density at radius 1 is 1.10 bits per heavy atom. The topological polar surface area (TPSA) is 33.5 Å². The average molecular weight is 337 g/mol. The minimum atomic E-state index is -1.52. The van der Waals surface area contributed by atoms with Gasteiger partial charge in [-0.05, 0) is 31.4 Å². The molecule has 1 amide bonds. The van der Waals surface area contributed by atoms with Crippen LogP contribution in [0.1, 0.15) is 29.6 Å². The zero-order valence-electron chi connectivity index (χ0n) is 11.0. The maximum absolute atomic E-state index is 12.2. The summed E-state index contributed by atoms with van der Waals surface area (Å²) in [7, 11) is 0. The van der Waals surface area contributed by atoms with Crippen molar-refractivity contribution < 1.29 is 9.69 Å². The van der Waals surface area contributed by atoms with Gasteiger partial charge in [0.2, 0.25) is 6.17 Å². The second-order valence-corrected chi connectivity index (χ2v) is 7.40. The quantitative estimate of drug-likeness (QED) is 0.815. The number of hydrogen-bond donors (Lipinski definition) is 2. The van der Waals surface area contributed by atoms with Crippen molar-refractivity contribution in [3.05, 3.63) is 35.9 Å². The normalized spacial score (nSPS) is 18.6. The molecular weight excluding hydrogens is 319 g/mol. The molecule has 3 nitrogen and oxygen atoms in total. The fourth-order valence-electron chi connectivity index (χ4n) is 2.51. The van der Waals surface area contributed by atoms with E-state index in [0.29, 0.717) is 5.56 Å². The molecule has 1 aliphatic rings. The number of hydrogen-bond acceptors (Lipinski definition) is 1. The van der Waals surface area contributed by atoms with Crippen molar-refractivity contribution in [3.63, 3.8) is 0 Å². The Bertz CT molecular complexity index is 441. The highest BCUT2D eigenvalue weighted by molar-refractivity contribution is 6.68. The molecule has 0 unspecified atom stereocenters. The zero-order valence-corrected chi connectivity index (χ0v) is 13.3. The maximum Gasteiger partial charge on any atom is 0.262 e. The van der Waals surface area contributed by atoms with Gasteiger partial charge in [-0.3, -0.25) is 10.1 Å². The lowest BCUT2D eigenvalue weighted by atomic mass is 10.1. The number of quaternary nitrogens is 1. The molecule has 110 valence electrons. The standard InChI is InChI=1S/C14H17Cl3N2O/c15-14(16,17)13(19-9-5-2-6-10-19)18-12(20)11-7-3-1-4-8-11/h1,3-4,7-8,13H,2,5-6,9-10H2,(H,18,20)/p+1/t13-/m0/s1. The summed E-state index contributed by atoms with van der Waals surface area (Å²) in [5, 5.41) is 2.87. The van der Waals surface area contributed by atoms with Gasteiger partial charge in [0, 0.05) is 5.56 Å². The number of benzene rings is 1. The Balaban J connectivity index is 2.10. The number of rotatable bonds is 3. The molecule has 1 atom stereocenters. The zero-order chi connectivity index (χ0) is 14.6. The summed E-state index contributed by atoms with van der Waals surface area (Å²) in [6.45, 7) is 1.82. The second kappa shape index (κ2) is 6.99. The summed E-state index contributed by atoms with van der Waals surface area (Å²) in [6.07, 6.45) is 2.85. The van der Waals surface area contributed by atoms with Crippen molar-refractivity contribution in [2.45, 2.75) is 29.2 Å². The monoisotopic (exact) mass is 335 g/mol. The third-order valence-electron chi connectivity index (χ3n) is 3.54. The molecule has 1 heterocycles. The van der Waals surface area contributed by atoms with Crippen LogP contribution in [0.15, 0.2) is 30.3 Å². The molecule has 0 bridgehead atoms. The summed E-state index contributed by atoms with van der Waals surface area (Å²) in [4.78, 5) is 13.4. The molecule has 6 heteroatoms. The molecule has 2 rings (SSSR count). The number of nitrogens with one attached hydrogen (secondary N) is 2. The fourth-order valence-corrected chi connectivity index (χ4v) is 3.14. The van der Waals surface area contributed by atoms with Crippen molar-refractivity contribution in [1.82, 2.24) is 5.32 Å². The van der Waals surface area contributed by atoms with Crippen LogP contribution in [0.2, 0.25) is 0 Å². The van der Waals surface area contributed by atoms with Crippen LogP contribution in [-0.2, 0) is 0 Å². The van der Waals surface area contributed by atoms with Crippen molar-refractivity contribution in [3.8, 4) is 0 Å². The van der Waals surface area contributed by atoms with Gasteiger partial charge in [0.25, 0.3) is 9.70 Å². The number of likely N-dealkylation sites (tertiary alicyclic amines) is 1. The van der Waals surface area contributed by atoms with Crippen LogP contribution in [-0.4, -0.2) is 29.0 Å². The summed E-state index contributed by atoms with van der Waals surface area (Å²) in [5.74, 6) is -0.208. The summed E-state index contributed by atoms with van der Waals surface area (Å²) >= 11 is 18.2. The van der Waals surface area contributed by atoms with Gasteiger partial charge in [0.05, 0.1) is 13.1 Å². The molecule has 1 saturated heterocycles. The number of amides is 1. The summed E-state index contributed by atoms with van der Waals surface area (Å²) in [6, 6.07) is 8.98. The van der Waals surface area contributed by atoms with Gasteiger partial charge < -0.3 is 4.90 Å². The number of alkyl halides is 3. The largest absolute Gasteiger partial charge is 0.312 e. The van der Waals surface area contributed by atoms with Gasteiger partial charge in [-0.1, -0.05) is 53.0 Å². The van der Waals surface area contributed by atoms with Gasteiger partial charge in [-0.15, -0.1) is 0 Å². The van der Waals surface area contributed by atoms with E-state index in [-0.39, 0.29) is 5.91 Å². The number of carbonyl (C=O) groups excluding carboxylic acids is 1. The van der Waals surface area contributed by atoms with Crippen LogP contribution in [0.25, 0.3) is 0 Å². The van der Waals surface area contributed by atoms with Crippen LogP contribution in [0.4, 0.5) is 0 Å². The maximum atomic E-state index is 12.2. The highest BCUT2D eigenvalue weighted by Gasteiger charge is 2.42. The number of carbonyl (C=O) groups is 1. The molecule has 0 aliphatic carbocycles. The van der Waals surface area contributed by atoms with E-state index in [4.69, 9.17) is 34.8 Å². The van der Waals surface area contributed by atoms with E-state index in [2.05, 4.69) is 5.32 Å². The molecule has 0 saturated carbocycles. The third-order valence-corrected chi connectivity index (χ3v) is 4.20. The molecule has 2 N–H and O–H groups in total. The molecular formula is C14H18Cl3N2O+.